The zero-order valence-electron chi connectivity index (χ0n) is 20.3. The topological polar surface area (TPSA) is 133 Å². The van der Waals surface area contributed by atoms with Crippen molar-refractivity contribution in [2.45, 2.75) is 45.7 Å². The Balaban J connectivity index is 2.13. The van der Waals surface area contributed by atoms with E-state index in [1.807, 2.05) is 42.3 Å². The number of aliphatic imine (C=N–C) groups is 1. The first-order valence-electron chi connectivity index (χ1n) is 11.4. The van der Waals surface area contributed by atoms with Crippen LogP contribution in [0.1, 0.15) is 44.2 Å². The Bertz CT molecular complexity index is 1150. The van der Waals surface area contributed by atoms with Crippen molar-refractivity contribution in [1.82, 2.24) is 4.90 Å². The number of aliphatic carboxylic acids is 2. The summed E-state index contributed by atoms with van der Waals surface area (Å²) in [5.41, 5.74) is -1.83. The molecule has 0 amide bonds. The number of benzene rings is 2. The van der Waals surface area contributed by atoms with E-state index in [9.17, 15) is 29.9 Å². The second-order valence-corrected chi connectivity index (χ2v) is 9.50. The maximum atomic E-state index is 13.1. The molecular weight excluding hydrogens is 450 g/mol. The van der Waals surface area contributed by atoms with Crippen molar-refractivity contribution in [3.8, 4) is 0 Å². The van der Waals surface area contributed by atoms with Crippen LogP contribution in [0, 0.1) is 20.9 Å². The number of carbonyl (C=O) groups is 2. The maximum Gasteiger partial charge on any atom is 0.315 e. The van der Waals surface area contributed by atoms with Crippen LogP contribution in [0.5, 0.6) is 0 Å². The third-order valence-electron chi connectivity index (χ3n) is 7.44. The van der Waals surface area contributed by atoms with Gasteiger partial charge in [0.1, 0.15) is 5.41 Å². The lowest BCUT2D eigenvalue weighted by atomic mass is 9.53. The Labute approximate surface area is 204 Å². The number of nitro groups is 1. The summed E-state index contributed by atoms with van der Waals surface area (Å²) in [4.78, 5) is 43.2. The molecule has 0 spiro atoms. The normalized spacial score (nSPS) is 26.3. The molecule has 0 saturated heterocycles. The summed E-state index contributed by atoms with van der Waals surface area (Å²) in [5, 5.41) is 32.5. The molecule has 9 nitrogen and oxygen atoms in total. The summed E-state index contributed by atoms with van der Waals surface area (Å²) in [7, 11) is 1.88. The maximum absolute atomic E-state index is 13.1. The molecule has 0 saturated carbocycles. The van der Waals surface area contributed by atoms with Gasteiger partial charge in [0, 0.05) is 30.3 Å². The summed E-state index contributed by atoms with van der Waals surface area (Å²) >= 11 is 0. The number of carboxylic acids is 2. The number of rotatable bonds is 9. The van der Waals surface area contributed by atoms with Gasteiger partial charge in [-0.2, -0.15) is 0 Å². The van der Waals surface area contributed by atoms with E-state index in [0.717, 1.165) is 5.56 Å². The molecule has 186 valence electrons. The van der Waals surface area contributed by atoms with Crippen molar-refractivity contribution in [3.05, 3.63) is 75.8 Å². The van der Waals surface area contributed by atoms with Gasteiger partial charge in [-0.15, -0.1) is 0 Å². The fraction of sp³-hybridized carbons (Fsp3) is 0.423. The van der Waals surface area contributed by atoms with Crippen LogP contribution in [0.4, 0.5) is 5.69 Å². The zero-order chi connectivity index (χ0) is 26.0. The quantitative estimate of drug-likeness (QED) is 0.404. The first-order chi connectivity index (χ1) is 16.4. The molecule has 0 fully saturated rings. The fourth-order valence-electron chi connectivity index (χ4n) is 5.34. The number of nitro benzene ring substituents is 1. The molecule has 35 heavy (non-hydrogen) atoms. The average Bonchev–Trinajstić information content (AvgIpc) is 2.80. The predicted octanol–water partition coefficient (Wildman–Crippen LogP) is 4.23. The van der Waals surface area contributed by atoms with E-state index < -0.39 is 39.7 Å². The third-order valence-corrected chi connectivity index (χ3v) is 7.44. The molecule has 2 aromatic rings. The number of carboxylic acid groups (broad SMARTS) is 2. The Morgan fingerprint density at radius 3 is 2.34 bits per heavy atom. The molecule has 3 rings (SSSR count). The van der Waals surface area contributed by atoms with Gasteiger partial charge in [-0.1, -0.05) is 42.5 Å². The van der Waals surface area contributed by atoms with E-state index in [0.29, 0.717) is 24.4 Å². The Hall–Kier alpha value is -3.59. The van der Waals surface area contributed by atoms with E-state index >= 15 is 0 Å². The molecule has 2 N–H and O–H groups in total. The summed E-state index contributed by atoms with van der Waals surface area (Å²) < 4.78 is 0. The van der Waals surface area contributed by atoms with Gasteiger partial charge in [0.05, 0.1) is 16.4 Å². The van der Waals surface area contributed by atoms with E-state index in [-0.39, 0.29) is 12.1 Å². The second-order valence-electron chi connectivity index (χ2n) is 9.50. The zero-order valence-corrected chi connectivity index (χ0v) is 20.3. The molecule has 4 unspecified atom stereocenters. The summed E-state index contributed by atoms with van der Waals surface area (Å²) in [5.74, 6) is -3.47. The Kier molecular flexibility index (Phi) is 7.40. The highest BCUT2D eigenvalue weighted by molar-refractivity contribution is 6.07. The number of hydrogen-bond donors (Lipinski definition) is 2. The van der Waals surface area contributed by atoms with Crippen molar-refractivity contribution in [2.24, 2.45) is 15.8 Å². The second kappa shape index (κ2) is 9.95. The highest BCUT2D eigenvalue weighted by Crippen LogP contribution is 2.57. The van der Waals surface area contributed by atoms with E-state index in [1.54, 1.807) is 19.9 Å². The number of hydrogen-bond acceptors (Lipinski definition) is 6. The van der Waals surface area contributed by atoms with Crippen LogP contribution in [0.2, 0.25) is 0 Å². The van der Waals surface area contributed by atoms with Crippen LogP contribution in [0.15, 0.2) is 59.6 Å². The minimum Gasteiger partial charge on any atom is -0.481 e. The molecular formula is C26H31N3O6. The molecule has 4 atom stereocenters. The summed E-state index contributed by atoms with van der Waals surface area (Å²) in [6.07, 6.45) is 0.111. The SMILES string of the molecule is CC1=NC(C)C(CCN(C)Cc2ccccc2)(C(=O)O)C(c2cccc([N+](=O)[O-])c2)C1(C)C(=O)O. The van der Waals surface area contributed by atoms with Crippen LogP contribution in [0.3, 0.4) is 0 Å². The van der Waals surface area contributed by atoms with E-state index in [2.05, 4.69) is 4.99 Å². The smallest absolute Gasteiger partial charge is 0.315 e. The minimum atomic E-state index is -1.67. The molecule has 0 aliphatic carbocycles. The molecule has 0 aromatic heterocycles. The standard InChI is InChI=1S/C26H31N3O6/c1-17-25(3,23(30)31)22(20-11-8-12-21(15-20)29(34)35)26(24(32)33,18(2)27-17)13-14-28(4)16-19-9-6-5-7-10-19/h5-12,15,18,22H,13-14,16H2,1-4H3,(H,30,31)(H,32,33). The lowest BCUT2D eigenvalue weighted by Crippen LogP contribution is -2.59. The number of non-ortho nitro benzene ring substituents is 1. The van der Waals surface area contributed by atoms with Gasteiger partial charge < -0.3 is 15.1 Å². The molecule has 9 heteroatoms. The van der Waals surface area contributed by atoms with Gasteiger partial charge in [-0.25, -0.2) is 0 Å². The molecule has 1 heterocycles. The predicted molar refractivity (Wildman–Crippen MR) is 132 cm³/mol. The van der Waals surface area contributed by atoms with E-state index in [4.69, 9.17) is 0 Å². The van der Waals surface area contributed by atoms with Crippen LogP contribution in [-0.4, -0.2) is 57.3 Å². The Morgan fingerprint density at radius 2 is 1.77 bits per heavy atom. The van der Waals surface area contributed by atoms with Crippen LogP contribution >= 0.6 is 0 Å². The first kappa shape index (κ1) is 26.0. The monoisotopic (exact) mass is 481 g/mol. The molecule has 2 aromatic carbocycles. The van der Waals surface area contributed by atoms with Crippen molar-refractivity contribution in [2.75, 3.05) is 13.6 Å². The Morgan fingerprint density at radius 1 is 1.11 bits per heavy atom. The average molecular weight is 482 g/mol. The van der Waals surface area contributed by atoms with Crippen LogP contribution in [-0.2, 0) is 16.1 Å². The van der Waals surface area contributed by atoms with Gasteiger partial charge in [0.15, 0.2) is 0 Å². The van der Waals surface area contributed by atoms with E-state index in [1.165, 1.54) is 25.1 Å². The minimum absolute atomic E-state index is 0.111. The van der Waals surface area contributed by atoms with Gasteiger partial charge in [0.25, 0.3) is 5.69 Å². The highest BCUT2D eigenvalue weighted by Gasteiger charge is 2.63. The first-order valence-corrected chi connectivity index (χ1v) is 11.4. The lowest BCUT2D eigenvalue weighted by Gasteiger charge is -2.51. The van der Waals surface area contributed by atoms with Gasteiger partial charge >= 0.3 is 11.9 Å². The largest absolute Gasteiger partial charge is 0.481 e. The fourth-order valence-corrected chi connectivity index (χ4v) is 5.34. The molecule has 0 bridgehead atoms. The van der Waals surface area contributed by atoms with Gasteiger partial charge in [0.2, 0.25) is 0 Å². The van der Waals surface area contributed by atoms with Crippen molar-refractivity contribution >= 4 is 23.3 Å². The lowest BCUT2D eigenvalue weighted by molar-refractivity contribution is -0.385. The highest BCUT2D eigenvalue weighted by atomic mass is 16.6. The van der Waals surface area contributed by atoms with Gasteiger partial charge in [-0.3, -0.25) is 24.7 Å². The van der Waals surface area contributed by atoms with Crippen molar-refractivity contribution in [3.63, 3.8) is 0 Å². The summed E-state index contributed by atoms with van der Waals surface area (Å²) in [6.45, 7) is 5.68. The molecule has 1 aliphatic rings. The number of nitrogens with zero attached hydrogens (tertiary/aromatic N) is 3. The molecule has 0 radical (unpaired) electrons. The van der Waals surface area contributed by atoms with Crippen LogP contribution < -0.4 is 0 Å². The van der Waals surface area contributed by atoms with Crippen molar-refractivity contribution < 1.29 is 24.7 Å². The summed E-state index contributed by atoms with van der Waals surface area (Å²) in [6, 6.07) is 14.6. The molecule has 1 aliphatic heterocycles. The van der Waals surface area contributed by atoms with Crippen molar-refractivity contribution in [1.29, 1.82) is 0 Å². The van der Waals surface area contributed by atoms with Crippen LogP contribution in [0.25, 0.3) is 0 Å². The third kappa shape index (κ3) is 4.68. The van der Waals surface area contributed by atoms with Gasteiger partial charge in [-0.05, 0) is 51.9 Å².